The minimum Gasteiger partial charge on any atom is -0.312 e. The van der Waals surface area contributed by atoms with Crippen LogP contribution in [0, 0.1) is 0 Å². The molecule has 1 aromatic rings. The molecule has 1 fully saturated rings. The molecule has 1 aromatic heterocycles. The molecular formula is C9H16FN5S. The zero-order valence-corrected chi connectivity index (χ0v) is 9.92. The van der Waals surface area contributed by atoms with Gasteiger partial charge < -0.3 is 5.32 Å². The molecule has 1 saturated carbocycles. The number of nitrogens with one attached hydrogen (secondary N) is 1. The Morgan fingerprint density at radius 2 is 2.38 bits per heavy atom. The third-order valence-corrected chi connectivity index (χ3v) is 3.39. The molecule has 0 bridgehead atoms. The molecule has 0 atom stereocenters. The maximum Gasteiger partial charge on any atom is 0.209 e. The first-order chi connectivity index (χ1) is 7.90. The van der Waals surface area contributed by atoms with E-state index >= 15 is 0 Å². The Bertz CT molecular complexity index is 315. The minimum absolute atomic E-state index is 0.280. The molecule has 7 heteroatoms. The van der Waals surface area contributed by atoms with Gasteiger partial charge in [-0.15, -0.1) is 5.10 Å². The van der Waals surface area contributed by atoms with Crippen molar-refractivity contribution in [3.8, 4) is 0 Å². The molecule has 0 amide bonds. The number of nitrogens with zero attached hydrogens (tertiary/aromatic N) is 4. The van der Waals surface area contributed by atoms with Crippen LogP contribution in [-0.2, 0) is 6.54 Å². The monoisotopic (exact) mass is 245 g/mol. The van der Waals surface area contributed by atoms with Gasteiger partial charge in [0.05, 0.1) is 13.2 Å². The van der Waals surface area contributed by atoms with Crippen LogP contribution in [0.25, 0.3) is 0 Å². The van der Waals surface area contributed by atoms with Gasteiger partial charge in [0.15, 0.2) is 0 Å². The van der Waals surface area contributed by atoms with Gasteiger partial charge in [-0.2, -0.15) is 0 Å². The van der Waals surface area contributed by atoms with Gasteiger partial charge in [0.25, 0.3) is 0 Å². The number of hydrogen-bond acceptors (Lipinski definition) is 5. The number of aromatic nitrogens is 4. The highest BCUT2D eigenvalue weighted by Crippen LogP contribution is 2.18. The molecule has 2 rings (SSSR count). The summed E-state index contributed by atoms with van der Waals surface area (Å²) < 4.78 is 13.7. The summed E-state index contributed by atoms with van der Waals surface area (Å²) in [7, 11) is 0. The molecule has 16 heavy (non-hydrogen) atoms. The maximum atomic E-state index is 11.9. The summed E-state index contributed by atoms with van der Waals surface area (Å²) in [4.78, 5) is 0. The number of rotatable bonds is 8. The van der Waals surface area contributed by atoms with Gasteiger partial charge in [-0.3, -0.25) is 4.39 Å². The number of halogens is 1. The summed E-state index contributed by atoms with van der Waals surface area (Å²) in [6, 6.07) is 0.708. The van der Waals surface area contributed by atoms with Crippen LogP contribution >= 0.6 is 11.8 Å². The smallest absolute Gasteiger partial charge is 0.209 e. The quantitative estimate of drug-likeness (QED) is 0.544. The molecule has 1 N–H and O–H groups in total. The Morgan fingerprint density at radius 3 is 3.12 bits per heavy atom. The van der Waals surface area contributed by atoms with E-state index in [0.717, 1.165) is 24.0 Å². The number of tetrazole rings is 1. The average Bonchev–Trinajstić information content (AvgIpc) is 3.00. The lowest BCUT2D eigenvalue weighted by molar-refractivity contribution is 0.488. The predicted octanol–water partition coefficient (Wildman–Crippen LogP) is 0.877. The Kier molecular flexibility index (Phi) is 4.53. The Balaban J connectivity index is 1.71. The van der Waals surface area contributed by atoms with E-state index in [1.54, 1.807) is 4.68 Å². The first-order valence-electron chi connectivity index (χ1n) is 5.58. The molecule has 0 aliphatic heterocycles. The van der Waals surface area contributed by atoms with Crippen molar-refractivity contribution in [2.24, 2.45) is 0 Å². The van der Waals surface area contributed by atoms with Gasteiger partial charge in [0.2, 0.25) is 5.16 Å². The second-order valence-corrected chi connectivity index (χ2v) is 4.87. The number of alkyl halides is 1. The fraction of sp³-hybridized carbons (Fsp3) is 0.889. The standard InChI is InChI=1S/C9H16FN5S/c10-4-1-7-16-9-12-13-14-15(9)6-5-11-8-2-3-8/h8,11H,1-7H2. The van der Waals surface area contributed by atoms with Crippen molar-refractivity contribution in [1.82, 2.24) is 25.5 Å². The molecule has 1 heterocycles. The third-order valence-electron chi connectivity index (χ3n) is 2.34. The number of hydrogen-bond donors (Lipinski definition) is 1. The SMILES string of the molecule is FCCCSc1nnnn1CCNC1CC1. The third kappa shape index (κ3) is 3.71. The van der Waals surface area contributed by atoms with E-state index in [1.807, 2.05) is 0 Å². The average molecular weight is 245 g/mol. The first kappa shape index (κ1) is 11.8. The van der Waals surface area contributed by atoms with E-state index in [1.165, 1.54) is 24.6 Å². The van der Waals surface area contributed by atoms with Crippen LogP contribution < -0.4 is 5.32 Å². The van der Waals surface area contributed by atoms with Crippen molar-refractivity contribution in [2.75, 3.05) is 19.0 Å². The van der Waals surface area contributed by atoms with Crippen LogP contribution in [0.4, 0.5) is 4.39 Å². The Hall–Kier alpha value is -0.690. The van der Waals surface area contributed by atoms with Crippen molar-refractivity contribution < 1.29 is 4.39 Å². The predicted molar refractivity (Wildman–Crippen MR) is 60.2 cm³/mol. The van der Waals surface area contributed by atoms with E-state index in [9.17, 15) is 4.39 Å². The summed E-state index contributed by atoms with van der Waals surface area (Å²) in [5, 5.41) is 15.7. The van der Waals surface area contributed by atoms with Gasteiger partial charge in [0, 0.05) is 18.3 Å². The van der Waals surface area contributed by atoms with E-state index < -0.39 is 0 Å². The van der Waals surface area contributed by atoms with E-state index in [-0.39, 0.29) is 6.67 Å². The normalized spacial score (nSPS) is 15.6. The zero-order valence-electron chi connectivity index (χ0n) is 9.10. The lowest BCUT2D eigenvalue weighted by Crippen LogP contribution is -2.22. The van der Waals surface area contributed by atoms with E-state index in [4.69, 9.17) is 0 Å². The van der Waals surface area contributed by atoms with Crippen molar-refractivity contribution >= 4 is 11.8 Å². The van der Waals surface area contributed by atoms with Gasteiger partial charge in [-0.05, 0) is 29.7 Å². The van der Waals surface area contributed by atoms with Gasteiger partial charge in [0.1, 0.15) is 0 Å². The number of thioether (sulfide) groups is 1. The summed E-state index contributed by atoms with van der Waals surface area (Å²) in [5.41, 5.74) is 0. The van der Waals surface area contributed by atoms with Crippen LogP contribution in [-0.4, -0.2) is 45.2 Å². The minimum atomic E-state index is -0.280. The summed E-state index contributed by atoms with van der Waals surface area (Å²) >= 11 is 1.51. The highest BCUT2D eigenvalue weighted by Gasteiger charge is 2.19. The molecule has 5 nitrogen and oxygen atoms in total. The van der Waals surface area contributed by atoms with Crippen LogP contribution in [0.1, 0.15) is 19.3 Å². The molecule has 1 aliphatic carbocycles. The molecular weight excluding hydrogens is 229 g/mol. The lowest BCUT2D eigenvalue weighted by atomic mass is 10.6. The van der Waals surface area contributed by atoms with Crippen LogP contribution in [0.15, 0.2) is 5.16 Å². The largest absolute Gasteiger partial charge is 0.312 e. The summed E-state index contributed by atoms with van der Waals surface area (Å²) in [5.74, 6) is 0.729. The topological polar surface area (TPSA) is 55.6 Å². The molecule has 0 saturated heterocycles. The van der Waals surface area contributed by atoms with Crippen molar-refractivity contribution in [1.29, 1.82) is 0 Å². The molecule has 0 spiro atoms. The zero-order chi connectivity index (χ0) is 11.2. The summed E-state index contributed by atoms with van der Waals surface area (Å²) in [6.45, 7) is 1.39. The van der Waals surface area contributed by atoms with Gasteiger partial charge in [-0.25, -0.2) is 4.68 Å². The highest BCUT2D eigenvalue weighted by molar-refractivity contribution is 7.99. The van der Waals surface area contributed by atoms with Crippen LogP contribution in [0.5, 0.6) is 0 Å². The molecule has 0 aromatic carbocycles. The molecule has 0 unspecified atom stereocenters. The van der Waals surface area contributed by atoms with Crippen molar-refractivity contribution in [3.05, 3.63) is 0 Å². The van der Waals surface area contributed by atoms with Crippen LogP contribution in [0.2, 0.25) is 0 Å². The van der Waals surface area contributed by atoms with Gasteiger partial charge >= 0.3 is 0 Å². The van der Waals surface area contributed by atoms with E-state index in [2.05, 4.69) is 20.8 Å². The van der Waals surface area contributed by atoms with Crippen molar-refractivity contribution in [2.45, 2.75) is 37.0 Å². The highest BCUT2D eigenvalue weighted by atomic mass is 32.2. The Labute approximate surface area is 98.2 Å². The first-order valence-corrected chi connectivity index (χ1v) is 6.57. The molecule has 1 aliphatic rings. The Morgan fingerprint density at radius 1 is 1.50 bits per heavy atom. The van der Waals surface area contributed by atoms with Crippen molar-refractivity contribution in [3.63, 3.8) is 0 Å². The second kappa shape index (κ2) is 6.15. The lowest BCUT2D eigenvalue weighted by Gasteiger charge is -2.04. The van der Waals surface area contributed by atoms with Gasteiger partial charge in [-0.1, -0.05) is 11.8 Å². The fourth-order valence-electron chi connectivity index (χ4n) is 1.32. The van der Waals surface area contributed by atoms with Crippen LogP contribution in [0.3, 0.4) is 0 Å². The fourth-order valence-corrected chi connectivity index (χ4v) is 2.13. The second-order valence-electron chi connectivity index (χ2n) is 3.80. The molecule has 90 valence electrons. The van der Waals surface area contributed by atoms with E-state index in [0.29, 0.717) is 12.5 Å². The summed E-state index contributed by atoms with van der Waals surface area (Å²) in [6.07, 6.45) is 3.12. The maximum absolute atomic E-state index is 11.9. The molecule has 0 radical (unpaired) electrons.